The Morgan fingerprint density at radius 3 is 2.55 bits per heavy atom. The first-order valence-electron chi connectivity index (χ1n) is 6.49. The van der Waals surface area contributed by atoms with Gasteiger partial charge in [-0.2, -0.15) is 0 Å². The van der Waals surface area contributed by atoms with Crippen molar-refractivity contribution < 1.29 is 9.59 Å². The van der Waals surface area contributed by atoms with Gasteiger partial charge in [-0.25, -0.2) is 0 Å². The highest BCUT2D eigenvalue weighted by molar-refractivity contribution is 9.10. The van der Waals surface area contributed by atoms with Crippen molar-refractivity contribution in [3.05, 3.63) is 33.3 Å². The average molecular weight is 360 g/mol. The Balaban J connectivity index is 1.97. The van der Waals surface area contributed by atoms with Gasteiger partial charge in [0.2, 0.25) is 5.91 Å². The molecule has 1 aromatic rings. The predicted octanol–water partition coefficient (Wildman–Crippen LogP) is 2.84. The lowest BCUT2D eigenvalue weighted by atomic mass is 10.0. The quantitative estimate of drug-likeness (QED) is 0.883. The number of amides is 2. The molecule has 4 nitrogen and oxygen atoms in total. The van der Waals surface area contributed by atoms with Crippen LogP contribution in [0, 0.1) is 0 Å². The number of carbonyl (C=O) groups is 2. The molecule has 1 heterocycles. The molecule has 0 spiro atoms. The van der Waals surface area contributed by atoms with Crippen LogP contribution in [0.4, 0.5) is 0 Å². The summed E-state index contributed by atoms with van der Waals surface area (Å²) >= 11 is 9.25. The van der Waals surface area contributed by atoms with E-state index in [1.54, 1.807) is 18.2 Å². The van der Waals surface area contributed by atoms with Crippen molar-refractivity contribution in [1.82, 2.24) is 10.2 Å². The van der Waals surface area contributed by atoms with Crippen LogP contribution in [0.5, 0.6) is 0 Å². The molecule has 6 heteroatoms. The average Bonchev–Trinajstić information content (AvgIpc) is 2.41. The van der Waals surface area contributed by atoms with E-state index in [4.69, 9.17) is 11.6 Å². The lowest BCUT2D eigenvalue weighted by Crippen LogP contribution is -2.46. The maximum Gasteiger partial charge on any atom is 0.253 e. The highest BCUT2D eigenvalue weighted by Crippen LogP contribution is 2.24. The Labute approximate surface area is 131 Å². The van der Waals surface area contributed by atoms with Crippen molar-refractivity contribution in [3.63, 3.8) is 0 Å². The van der Waals surface area contributed by atoms with Crippen LogP contribution in [-0.2, 0) is 4.79 Å². The van der Waals surface area contributed by atoms with Crippen molar-refractivity contribution in [2.24, 2.45) is 0 Å². The van der Waals surface area contributed by atoms with Gasteiger partial charge in [-0.3, -0.25) is 9.59 Å². The van der Waals surface area contributed by atoms with Crippen LogP contribution in [0.25, 0.3) is 0 Å². The van der Waals surface area contributed by atoms with Crippen molar-refractivity contribution in [2.45, 2.75) is 25.8 Å². The van der Waals surface area contributed by atoms with Crippen molar-refractivity contribution >= 4 is 39.3 Å². The molecule has 2 rings (SSSR count). The van der Waals surface area contributed by atoms with Gasteiger partial charge in [0.05, 0.1) is 5.02 Å². The van der Waals surface area contributed by atoms with Crippen LogP contribution in [-0.4, -0.2) is 35.8 Å². The molecule has 0 bridgehead atoms. The topological polar surface area (TPSA) is 49.4 Å². The summed E-state index contributed by atoms with van der Waals surface area (Å²) < 4.78 is 0.721. The van der Waals surface area contributed by atoms with Crippen molar-refractivity contribution in [2.75, 3.05) is 13.1 Å². The molecule has 1 aliphatic heterocycles. The molecule has 1 N–H and O–H groups in total. The highest BCUT2D eigenvalue weighted by Gasteiger charge is 2.24. The molecule has 0 aromatic heterocycles. The number of halogens is 2. The molecule has 0 atom stereocenters. The number of likely N-dealkylation sites (tertiary alicyclic amines) is 1. The van der Waals surface area contributed by atoms with Gasteiger partial charge >= 0.3 is 0 Å². The van der Waals surface area contributed by atoms with Gasteiger partial charge in [-0.05, 0) is 47.0 Å². The van der Waals surface area contributed by atoms with Gasteiger partial charge in [-0.1, -0.05) is 11.6 Å². The van der Waals surface area contributed by atoms with E-state index in [2.05, 4.69) is 21.2 Å². The molecule has 1 saturated heterocycles. The third kappa shape index (κ3) is 3.73. The Hall–Kier alpha value is -1.07. The molecule has 0 radical (unpaired) electrons. The normalized spacial score (nSPS) is 16.1. The number of benzene rings is 1. The molecule has 108 valence electrons. The van der Waals surface area contributed by atoms with E-state index in [0.717, 1.165) is 17.3 Å². The summed E-state index contributed by atoms with van der Waals surface area (Å²) in [5.74, 6) is -0.0138. The van der Waals surface area contributed by atoms with E-state index in [9.17, 15) is 9.59 Å². The van der Waals surface area contributed by atoms with Crippen molar-refractivity contribution in [3.8, 4) is 0 Å². The summed E-state index contributed by atoms with van der Waals surface area (Å²) in [6.07, 6.45) is 1.58. The maximum atomic E-state index is 12.4. The molecule has 1 aromatic carbocycles. The van der Waals surface area contributed by atoms with Crippen LogP contribution in [0.15, 0.2) is 22.7 Å². The van der Waals surface area contributed by atoms with Crippen LogP contribution < -0.4 is 5.32 Å². The van der Waals surface area contributed by atoms with Crippen molar-refractivity contribution in [1.29, 1.82) is 0 Å². The fourth-order valence-electron chi connectivity index (χ4n) is 2.33. The Bertz CT molecular complexity index is 528. The fourth-order valence-corrected chi connectivity index (χ4v) is 2.82. The molecule has 1 aliphatic rings. The SMILES string of the molecule is CC(=O)NC1CCN(C(=O)c2ccc(Cl)c(Br)c2)CC1. The van der Waals surface area contributed by atoms with Gasteiger partial charge in [0.1, 0.15) is 0 Å². The molecule has 0 saturated carbocycles. The first kappa shape index (κ1) is 15.3. The Morgan fingerprint density at radius 1 is 1.35 bits per heavy atom. The highest BCUT2D eigenvalue weighted by atomic mass is 79.9. The summed E-state index contributed by atoms with van der Waals surface area (Å²) in [6, 6.07) is 5.36. The number of nitrogens with one attached hydrogen (secondary N) is 1. The molecular formula is C14H16BrClN2O2. The van der Waals surface area contributed by atoms with Crippen LogP contribution >= 0.6 is 27.5 Å². The second kappa shape index (κ2) is 6.59. The summed E-state index contributed by atoms with van der Waals surface area (Å²) in [5.41, 5.74) is 0.624. The fraction of sp³-hybridized carbons (Fsp3) is 0.429. The standard InChI is InChI=1S/C14H16BrClN2O2/c1-9(19)17-11-4-6-18(7-5-11)14(20)10-2-3-13(16)12(15)8-10/h2-3,8,11H,4-7H2,1H3,(H,17,19). The lowest BCUT2D eigenvalue weighted by Gasteiger charge is -2.32. The Morgan fingerprint density at radius 2 is 2.00 bits per heavy atom. The van der Waals surface area contributed by atoms with E-state index < -0.39 is 0 Å². The van der Waals surface area contributed by atoms with Gasteiger partial charge in [0.25, 0.3) is 5.91 Å². The summed E-state index contributed by atoms with van der Waals surface area (Å²) in [6.45, 7) is 2.83. The number of hydrogen-bond acceptors (Lipinski definition) is 2. The number of rotatable bonds is 2. The number of nitrogens with zero attached hydrogens (tertiary/aromatic N) is 1. The Kier molecular flexibility index (Phi) is 5.05. The zero-order valence-corrected chi connectivity index (χ0v) is 13.5. The molecule has 0 aliphatic carbocycles. The van der Waals surface area contributed by atoms with Crippen LogP contribution in [0.1, 0.15) is 30.1 Å². The second-order valence-corrected chi connectivity index (χ2v) is 6.16. The molecular weight excluding hydrogens is 344 g/mol. The molecule has 0 unspecified atom stereocenters. The van der Waals surface area contributed by atoms with E-state index >= 15 is 0 Å². The largest absolute Gasteiger partial charge is 0.353 e. The first-order chi connectivity index (χ1) is 9.47. The summed E-state index contributed by atoms with van der Waals surface area (Å²) in [4.78, 5) is 25.2. The number of piperidine rings is 1. The number of hydrogen-bond donors (Lipinski definition) is 1. The van der Waals surface area contributed by atoms with E-state index in [-0.39, 0.29) is 17.9 Å². The van der Waals surface area contributed by atoms with Crippen LogP contribution in [0.3, 0.4) is 0 Å². The zero-order valence-electron chi connectivity index (χ0n) is 11.2. The van der Waals surface area contributed by atoms with Gasteiger partial charge in [0.15, 0.2) is 0 Å². The molecule has 2 amide bonds. The molecule has 1 fully saturated rings. The minimum atomic E-state index is -0.0172. The van der Waals surface area contributed by atoms with Crippen LogP contribution in [0.2, 0.25) is 5.02 Å². The van der Waals surface area contributed by atoms with Gasteiger partial charge in [-0.15, -0.1) is 0 Å². The van der Waals surface area contributed by atoms with Gasteiger partial charge < -0.3 is 10.2 Å². The monoisotopic (exact) mass is 358 g/mol. The third-order valence-electron chi connectivity index (χ3n) is 3.36. The molecule has 20 heavy (non-hydrogen) atoms. The number of carbonyl (C=O) groups excluding carboxylic acids is 2. The zero-order chi connectivity index (χ0) is 14.7. The maximum absolute atomic E-state index is 12.4. The second-order valence-electron chi connectivity index (χ2n) is 4.90. The van der Waals surface area contributed by atoms with E-state index in [0.29, 0.717) is 23.7 Å². The smallest absolute Gasteiger partial charge is 0.253 e. The minimum absolute atomic E-state index is 0.00337. The minimum Gasteiger partial charge on any atom is -0.353 e. The van der Waals surface area contributed by atoms with E-state index in [1.807, 2.05) is 4.90 Å². The first-order valence-corrected chi connectivity index (χ1v) is 7.66. The summed E-state index contributed by atoms with van der Waals surface area (Å²) in [7, 11) is 0. The third-order valence-corrected chi connectivity index (χ3v) is 4.57. The lowest BCUT2D eigenvalue weighted by molar-refractivity contribution is -0.119. The van der Waals surface area contributed by atoms with Gasteiger partial charge in [0, 0.05) is 36.1 Å². The summed E-state index contributed by atoms with van der Waals surface area (Å²) in [5, 5.41) is 3.48. The predicted molar refractivity (Wildman–Crippen MR) is 81.9 cm³/mol. The van der Waals surface area contributed by atoms with E-state index in [1.165, 1.54) is 6.92 Å².